The smallest absolute Gasteiger partial charge is 0.00645 e. The molecule has 0 saturated heterocycles. The van der Waals surface area contributed by atoms with E-state index in [0.29, 0.717) is 0 Å². The number of rotatable bonds is 2. The van der Waals surface area contributed by atoms with Crippen molar-refractivity contribution < 1.29 is 0 Å². The minimum atomic E-state index is 0.795. The maximum absolute atomic E-state index is 2.45. The van der Waals surface area contributed by atoms with E-state index >= 15 is 0 Å². The van der Waals surface area contributed by atoms with Gasteiger partial charge in [-0.15, -0.1) is 0 Å². The van der Waals surface area contributed by atoms with E-state index in [-0.39, 0.29) is 0 Å². The minimum absolute atomic E-state index is 0.795. The molecule has 0 aliphatic heterocycles. The molecule has 0 spiro atoms. The molecule has 1 aliphatic carbocycles. The van der Waals surface area contributed by atoms with Gasteiger partial charge in [0.1, 0.15) is 0 Å². The Morgan fingerprint density at radius 1 is 1.21 bits per heavy atom. The van der Waals surface area contributed by atoms with E-state index < -0.39 is 0 Å². The summed E-state index contributed by atoms with van der Waals surface area (Å²) in [5.41, 5.74) is 3.09. The molecule has 0 aromatic heterocycles. The van der Waals surface area contributed by atoms with Crippen LogP contribution >= 0.6 is 0 Å². The molecule has 0 fully saturated rings. The third-order valence-corrected chi connectivity index (χ3v) is 3.13. The number of hydrogen-bond donors (Lipinski definition) is 0. The second-order valence-corrected chi connectivity index (χ2v) is 4.27. The molecule has 74 valence electrons. The predicted molar refractivity (Wildman–Crippen MR) is 61.2 cm³/mol. The SMILES string of the molecule is CC1CCCC=C1Cc1ccccc1. The maximum atomic E-state index is 2.45. The van der Waals surface area contributed by atoms with Crippen LogP contribution in [0.2, 0.25) is 0 Å². The van der Waals surface area contributed by atoms with E-state index in [2.05, 4.69) is 43.3 Å². The van der Waals surface area contributed by atoms with Crippen molar-refractivity contribution in [2.45, 2.75) is 32.6 Å². The highest BCUT2D eigenvalue weighted by Crippen LogP contribution is 2.26. The van der Waals surface area contributed by atoms with Crippen LogP contribution in [0.4, 0.5) is 0 Å². The Labute approximate surface area is 86.7 Å². The monoisotopic (exact) mass is 186 g/mol. The van der Waals surface area contributed by atoms with Gasteiger partial charge in [0, 0.05) is 0 Å². The Morgan fingerprint density at radius 2 is 2.00 bits per heavy atom. The molecule has 1 atom stereocenters. The third kappa shape index (κ3) is 2.25. The van der Waals surface area contributed by atoms with Crippen molar-refractivity contribution in [3.63, 3.8) is 0 Å². The first-order valence-corrected chi connectivity index (χ1v) is 5.59. The molecular weight excluding hydrogens is 168 g/mol. The van der Waals surface area contributed by atoms with Crippen molar-refractivity contribution >= 4 is 0 Å². The molecule has 0 heterocycles. The normalized spacial score (nSPS) is 21.8. The fourth-order valence-electron chi connectivity index (χ4n) is 2.18. The number of benzene rings is 1. The second kappa shape index (κ2) is 4.45. The van der Waals surface area contributed by atoms with Crippen LogP contribution in [0.5, 0.6) is 0 Å². The molecule has 0 N–H and O–H groups in total. The molecule has 1 aliphatic rings. The largest absolute Gasteiger partial charge is 0.0847 e. The lowest BCUT2D eigenvalue weighted by Crippen LogP contribution is -2.06. The van der Waals surface area contributed by atoms with Crippen molar-refractivity contribution in [3.8, 4) is 0 Å². The van der Waals surface area contributed by atoms with Crippen LogP contribution < -0.4 is 0 Å². The third-order valence-electron chi connectivity index (χ3n) is 3.13. The predicted octanol–water partition coefficient (Wildman–Crippen LogP) is 3.98. The lowest BCUT2D eigenvalue weighted by molar-refractivity contribution is 0.541. The summed E-state index contributed by atoms with van der Waals surface area (Å²) in [6.07, 6.45) is 7.63. The molecule has 0 saturated carbocycles. The summed E-state index contributed by atoms with van der Waals surface area (Å²) in [6, 6.07) is 10.8. The average Bonchev–Trinajstić information content (AvgIpc) is 2.23. The summed E-state index contributed by atoms with van der Waals surface area (Å²) in [7, 11) is 0. The van der Waals surface area contributed by atoms with Crippen molar-refractivity contribution in [3.05, 3.63) is 47.5 Å². The van der Waals surface area contributed by atoms with Gasteiger partial charge in [0.25, 0.3) is 0 Å². The Balaban J connectivity index is 2.07. The molecule has 2 rings (SSSR count). The number of hydrogen-bond acceptors (Lipinski definition) is 0. The van der Waals surface area contributed by atoms with Gasteiger partial charge in [0.2, 0.25) is 0 Å². The molecule has 0 bridgehead atoms. The summed E-state index contributed by atoms with van der Waals surface area (Å²) < 4.78 is 0. The van der Waals surface area contributed by atoms with E-state index in [4.69, 9.17) is 0 Å². The van der Waals surface area contributed by atoms with Crippen LogP contribution in [0, 0.1) is 5.92 Å². The van der Waals surface area contributed by atoms with Crippen LogP contribution in [0.3, 0.4) is 0 Å². The fourth-order valence-corrected chi connectivity index (χ4v) is 2.18. The van der Waals surface area contributed by atoms with Gasteiger partial charge >= 0.3 is 0 Å². The van der Waals surface area contributed by atoms with Crippen LogP contribution in [-0.4, -0.2) is 0 Å². The van der Waals surface area contributed by atoms with Crippen molar-refractivity contribution in [1.82, 2.24) is 0 Å². The van der Waals surface area contributed by atoms with E-state index in [9.17, 15) is 0 Å². The quantitative estimate of drug-likeness (QED) is 0.613. The van der Waals surface area contributed by atoms with Crippen molar-refractivity contribution in [1.29, 1.82) is 0 Å². The first-order valence-electron chi connectivity index (χ1n) is 5.59. The Bertz CT molecular complexity index is 308. The van der Waals surface area contributed by atoms with E-state index in [1.807, 2.05) is 0 Å². The van der Waals surface area contributed by atoms with Gasteiger partial charge in [-0.05, 0) is 37.2 Å². The zero-order chi connectivity index (χ0) is 9.80. The molecular formula is C14H18. The highest BCUT2D eigenvalue weighted by Gasteiger charge is 2.12. The summed E-state index contributed by atoms with van der Waals surface area (Å²) in [5, 5.41) is 0. The first kappa shape index (κ1) is 9.51. The zero-order valence-corrected chi connectivity index (χ0v) is 8.87. The van der Waals surface area contributed by atoms with Gasteiger partial charge in [-0.3, -0.25) is 0 Å². The summed E-state index contributed by atoms with van der Waals surface area (Å²) in [6.45, 7) is 2.36. The zero-order valence-electron chi connectivity index (χ0n) is 8.87. The van der Waals surface area contributed by atoms with Crippen molar-refractivity contribution in [2.75, 3.05) is 0 Å². The highest BCUT2D eigenvalue weighted by atomic mass is 14.2. The molecule has 1 unspecified atom stereocenters. The van der Waals surface area contributed by atoms with Gasteiger partial charge in [-0.1, -0.05) is 48.9 Å². The van der Waals surface area contributed by atoms with E-state index in [1.165, 1.54) is 24.8 Å². The molecule has 1 aromatic rings. The lowest BCUT2D eigenvalue weighted by Gasteiger charge is -2.20. The lowest BCUT2D eigenvalue weighted by atomic mass is 9.86. The van der Waals surface area contributed by atoms with Gasteiger partial charge in [0.15, 0.2) is 0 Å². The van der Waals surface area contributed by atoms with Gasteiger partial charge in [-0.25, -0.2) is 0 Å². The van der Waals surface area contributed by atoms with Gasteiger partial charge in [-0.2, -0.15) is 0 Å². The molecule has 0 radical (unpaired) electrons. The van der Waals surface area contributed by atoms with Crippen LogP contribution in [0.25, 0.3) is 0 Å². The van der Waals surface area contributed by atoms with Crippen LogP contribution in [0.1, 0.15) is 31.7 Å². The Morgan fingerprint density at radius 3 is 2.71 bits per heavy atom. The highest BCUT2D eigenvalue weighted by molar-refractivity contribution is 5.23. The molecule has 0 heteroatoms. The minimum Gasteiger partial charge on any atom is -0.0847 e. The summed E-state index contributed by atoms with van der Waals surface area (Å²) >= 11 is 0. The fraction of sp³-hybridized carbons (Fsp3) is 0.429. The van der Waals surface area contributed by atoms with Gasteiger partial charge < -0.3 is 0 Å². The summed E-state index contributed by atoms with van der Waals surface area (Å²) in [5.74, 6) is 0.795. The molecule has 1 aromatic carbocycles. The number of allylic oxidation sites excluding steroid dienone is 2. The van der Waals surface area contributed by atoms with Crippen LogP contribution in [-0.2, 0) is 6.42 Å². The van der Waals surface area contributed by atoms with Gasteiger partial charge in [0.05, 0.1) is 0 Å². The molecule has 0 nitrogen and oxygen atoms in total. The topological polar surface area (TPSA) is 0 Å². The molecule has 14 heavy (non-hydrogen) atoms. The molecule has 0 amide bonds. The van der Waals surface area contributed by atoms with E-state index in [0.717, 1.165) is 12.3 Å². The Kier molecular flexibility index (Phi) is 3.03. The summed E-state index contributed by atoms with van der Waals surface area (Å²) in [4.78, 5) is 0. The maximum Gasteiger partial charge on any atom is -0.00645 e. The average molecular weight is 186 g/mol. The standard InChI is InChI=1S/C14H18/c1-12-7-5-6-10-14(12)11-13-8-3-2-4-9-13/h2-4,8-10,12H,5-7,11H2,1H3. The first-order chi connectivity index (χ1) is 6.86. The van der Waals surface area contributed by atoms with Crippen molar-refractivity contribution in [2.24, 2.45) is 5.92 Å². The Hall–Kier alpha value is -1.04. The van der Waals surface area contributed by atoms with E-state index in [1.54, 1.807) is 5.57 Å². The van der Waals surface area contributed by atoms with Crippen LogP contribution in [0.15, 0.2) is 42.0 Å². The second-order valence-electron chi connectivity index (χ2n) is 4.27.